The quantitative estimate of drug-likeness (QED) is 0.329. The zero-order valence-electron chi connectivity index (χ0n) is 22.0. The summed E-state index contributed by atoms with van der Waals surface area (Å²) in [6.45, 7) is 1.69. The summed E-state index contributed by atoms with van der Waals surface area (Å²) in [6.07, 6.45) is -0.587. The van der Waals surface area contributed by atoms with Crippen LogP contribution in [0.5, 0.6) is 0 Å². The van der Waals surface area contributed by atoms with Gasteiger partial charge in [0.2, 0.25) is 11.8 Å². The van der Waals surface area contributed by atoms with Crippen LogP contribution >= 0.6 is 11.3 Å². The second-order valence-corrected chi connectivity index (χ2v) is 11.5. The van der Waals surface area contributed by atoms with Gasteiger partial charge in [0.15, 0.2) is 0 Å². The first kappa shape index (κ1) is 28.4. The van der Waals surface area contributed by atoms with E-state index in [2.05, 4.69) is 10.6 Å². The van der Waals surface area contributed by atoms with Gasteiger partial charge < -0.3 is 25.4 Å². The topological polar surface area (TPSA) is 90.9 Å². The molecule has 0 aliphatic carbocycles. The molecule has 2 amide bonds. The molecule has 3 N–H and O–H groups in total. The first-order valence-electron chi connectivity index (χ1n) is 13.5. The van der Waals surface area contributed by atoms with Crippen molar-refractivity contribution in [2.75, 3.05) is 13.1 Å². The lowest BCUT2D eigenvalue weighted by Crippen LogP contribution is -2.53. The summed E-state index contributed by atoms with van der Waals surface area (Å²) in [6, 6.07) is 15.6. The lowest BCUT2D eigenvalue weighted by Gasteiger charge is -2.29. The number of carbonyl (C=O) groups is 2. The number of hydrogen-bond donors (Lipinski definition) is 3. The van der Waals surface area contributed by atoms with Crippen molar-refractivity contribution in [2.45, 2.75) is 56.7 Å². The van der Waals surface area contributed by atoms with Gasteiger partial charge in [-0.3, -0.25) is 9.59 Å². The maximum atomic E-state index is 13.9. The van der Waals surface area contributed by atoms with Gasteiger partial charge in [0, 0.05) is 36.5 Å². The van der Waals surface area contributed by atoms with Gasteiger partial charge in [-0.2, -0.15) is 0 Å². The van der Waals surface area contributed by atoms with E-state index < -0.39 is 35.7 Å². The van der Waals surface area contributed by atoms with Crippen molar-refractivity contribution in [1.29, 1.82) is 0 Å². The summed E-state index contributed by atoms with van der Waals surface area (Å²) in [5.74, 6) is -2.50. The van der Waals surface area contributed by atoms with Crippen molar-refractivity contribution >= 4 is 23.2 Å². The number of nitrogens with zero attached hydrogens (tertiary/aromatic N) is 1. The SMILES string of the molecule is O=C(N[C@@H](Cc1cc(F)cc(F)c1)[C@H](O)[C@H]1C[C@@H](OCc2ccccc2)CN1)C1CC(=O)N(Cc2cccs2)C1. The van der Waals surface area contributed by atoms with E-state index in [1.165, 1.54) is 12.1 Å². The highest BCUT2D eigenvalue weighted by Gasteiger charge is 2.39. The molecule has 7 nitrogen and oxygen atoms in total. The van der Waals surface area contributed by atoms with Gasteiger partial charge in [0.1, 0.15) is 11.6 Å². The first-order valence-corrected chi connectivity index (χ1v) is 14.3. The van der Waals surface area contributed by atoms with Gasteiger partial charge in [-0.15, -0.1) is 11.3 Å². The predicted molar refractivity (Wildman–Crippen MR) is 147 cm³/mol. The Hall–Kier alpha value is -3.18. The number of aliphatic hydroxyl groups is 1. The lowest BCUT2D eigenvalue weighted by atomic mass is 9.94. The second kappa shape index (κ2) is 13.0. The maximum absolute atomic E-state index is 13.9. The Balaban J connectivity index is 1.24. The van der Waals surface area contributed by atoms with Crippen molar-refractivity contribution < 1.29 is 28.2 Å². The molecule has 0 spiro atoms. The van der Waals surface area contributed by atoms with Gasteiger partial charge >= 0.3 is 0 Å². The van der Waals surface area contributed by atoms with Crippen LogP contribution in [0.1, 0.15) is 28.8 Å². The molecule has 3 aromatic rings. The Kier molecular flexibility index (Phi) is 9.21. The van der Waals surface area contributed by atoms with Crippen molar-refractivity contribution in [2.24, 2.45) is 5.92 Å². The van der Waals surface area contributed by atoms with Crippen LogP contribution in [-0.4, -0.2) is 59.2 Å². The Labute approximate surface area is 236 Å². The van der Waals surface area contributed by atoms with Crippen LogP contribution in [0, 0.1) is 17.6 Å². The number of rotatable bonds is 11. The zero-order valence-corrected chi connectivity index (χ0v) is 22.8. The molecule has 1 unspecified atom stereocenters. The highest BCUT2D eigenvalue weighted by atomic mass is 32.1. The molecule has 5 atom stereocenters. The number of amides is 2. The van der Waals surface area contributed by atoms with Crippen molar-refractivity contribution in [3.8, 4) is 0 Å². The Morgan fingerprint density at radius 1 is 1.12 bits per heavy atom. The minimum Gasteiger partial charge on any atom is -0.389 e. The van der Waals surface area contributed by atoms with Crippen LogP contribution in [0.25, 0.3) is 0 Å². The molecule has 0 radical (unpaired) electrons. The predicted octanol–water partition coefficient (Wildman–Crippen LogP) is 3.41. The van der Waals surface area contributed by atoms with Crippen molar-refractivity contribution in [3.05, 3.63) is 93.7 Å². The number of aliphatic hydroxyl groups excluding tert-OH is 1. The molecule has 0 saturated carbocycles. The molecule has 212 valence electrons. The number of nitrogens with one attached hydrogen (secondary N) is 2. The van der Waals surface area contributed by atoms with E-state index in [1.54, 1.807) is 16.2 Å². The summed E-state index contributed by atoms with van der Waals surface area (Å²) < 4.78 is 33.9. The van der Waals surface area contributed by atoms with E-state index in [0.29, 0.717) is 31.7 Å². The Morgan fingerprint density at radius 2 is 1.90 bits per heavy atom. The molecular weight excluding hydrogens is 536 g/mol. The van der Waals surface area contributed by atoms with Gasteiger partial charge in [-0.1, -0.05) is 36.4 Å². The molecule has 5 rings (SSSR count). The number of ether oxygens (including phenoxy) is 1. The van der Waals surface area contributed by atoms with Crippen LogP contribution in [-0.2, 0) is 33.9 Å². The van der Waals surface area contributed by atoms with E-state index in [1.807, 2.05) is 47.8 Å². The summed E-state index contributed by atoms with van der Waals surface area (Å²) >= 11 is 1.55. The second-order valence-electron chi connectivity index (χ2n) is 10.5. The normalized spacial score (nSPS) is 22.4. The van der Waals surface area contributed by atoms with E-state index in [-0.39, 0.29) is 37.3 Å². The Bertz CT molecular complexity index is 1270. The smallest absolute Gasteiger partial charge is 0.225 e. The van der Waals surface area contributed by atoms with Crippen LogP contribution in [0.15, 0.2) is 66.0 Å². The number of halogens is 2. The molecule has 2 fully saturated rings. The molecule has 0 bridgehead atoms. The van der Waals surface area contributed by atoms with Crippen LogP contribution < -0.4 is 10.6 Å². The van der Waals surface area contributed by atoms with Gasteiger partial charge in [0.05, 0.1) is 37.3 Å². The molecule has 2 aliphatic rings. The molecule has 10 heteroatoms. The van der Waals surface area contributed by atoms with E-state index in [9.17, 15) is 23.5 Å². The number of benzene rings is 2. The van der Waals surface area contributed by atoms with E-state index in [0.717, 1.165) is 16.5 Å². The molecule has 2 aliphatic heterocycles. The Morgan fingerprint density at radius 3 is 2.62 bits per heavy atom. The van der Waals surface area contributed by atoms with E-state index >= 15 is 0 Å². The average Bonchev–Trinajstić information content (AvgIpc) is 3.69. The number of likely N-dealkylation sites (tertiary alicyclic amines) is 1. The van der Waals surface area contributed by atoms with Gasteiger partial charge in [-0.25, -0.2) is 8.78 Å². The highest BCUT2D eigenvalue weighted by Crippen LogP contribution is 2.24. The minimum absolute atomic E-state index is 0.0227. The summed E-state index contributed by atoms with van der Waals surface area (Å²) in [5, 5.41) is 19.5. The fourth-order valence-corrected chi connectivity index (χ4v) is 6.14. The fourth-order valence-electron chi connectivity index (χ4n) is 5.42. The summed E-state index contributed by atoms with van der Waals surface area (Å²) in [7, 11) is 0. The van der Waals surface area contributed by atoms with E-state index in [4.69, 9.17) is 4.74 Å². The third-order valence-electron chi connectivity index (χ3n) is 7.50. The molecular formula is C30H33F2N3O4S. The third-order valence-corrected chi connectivity index (χ3v) is 8.36. The van der Waals surface area contributed by atoms with Gasteiger partial charge in [-0.05, 0) is 47.5 Å². The fraction of sp³-hybridized carbons (Fsp3) is 0.400. The summed E-state index contributed by atoms with van der Waals surface area (Å²) in [4.78, 5) is 28.6. The van der Waals surface area contributed by atoms with Crippen molar-refractivity contribution in [3.63, 3.8) is 0 Å². The van der Waals surface area contributed by atoms with Gasteiger partial charge in [0.25, 0.3) is 0 Å². The first-order chi connectivity index (χ1) is 19.3. The lowest BCUT2D eigenvalue weighted by molar-refractivity contribution is -0.129. The maximum Gasteiger partial charge on any atom is 0.225 e. The zero-order chi connectivity index (χ0) is 28.1. The molecule has 3 heterocycles. The average molecular weight is 570 g/mol. The number of carbonyl (C=O) groups excluding carboxylic acids is 2. The van der Waals surface area contributed by atoms with Crippen LogP contribution in [0.2, 0.25) is 0 Å². The van der Waals surface area contributed by atoms with Crippen LogP contribution in [0.4, 0.5) is 8.78 Å². The molecule has 1 aromatic heterocycles. The molecule has 2 saturated heterocycles. The van der Waals surface area contributed by atoms with Crippen LogP contribution in [0.3, 0.4) is 0 Å². The standard InChI is InChI=1S/C30H33F2N3O4S/c31-22-9-20(10-23(32)13-22)11-27(29(37)26-14-24(15-33-26)39-18-19-5-2-1-3-6-19)34-30(38)21-12-28(36)35(16-21)17-25-7-4-8-40-25/h1-10,13,21,24,26-27,29,33,37H,11-12,14-18H2,(H,34,38)/t21?,24-,26-,27+,29-/m1/s1. The van der Waals surface area contributed by atoms with Crippen molar-refractivity contribution in [1.82, 2.24) is 15.5 Å². The highest BCUT2D eigenvalue weighted by molar-refractivity contribution is 7.09. The molecule has 40 heavy (non-hydrogen) atoms. The third kappa shape index (κ3) is 7.31. The minimum atomic E-state index is -1.06. The monoisotopic (exact) mass is 569 g/mol. The summed E-state index contributed by atoms with van der Waals surface area (Å²) in [5.41, 5.74) is 1.36. The number of hydrogen-bond acceptors (Lipinski definition) is 6. The largest absolute Gasteiger partial charge is 0.389 e. The number of thiophene rings is 1. The molecule has 2 aromatic carbocycles.